The summed E-state index contributed by atoms with van der Waals surface area (Å²) in [6, 6.07) is 9.07. The largest absolute Gasteiger partial charge is 0.497 e. The lowest BCUT2D eigenvalue weighted by molar-refractivity contribution is 0.152. The Balaban J connectivity index is 2.14. The van der Waals surface area contributed by atoms with Gasteiger partial charge in [-0.05, 0) is 50.4 Å². The maximum Gasteiger partial charge on any atom is 0.119 e. The number of nitrogens with one attached hydrogen (secondary N) is 1. The van der Waals surface area contributed by atoms with Crippen molar-refractivity contribution >= 4 is 0 Å². The van der Waals surface area contributed by atoms with Crippen LogP contribution in [0.25, 0.3) is 0 Å². The first-order valence-corrected chi connectivity index (χ1v) is 8.24. The van der Waals surface area contributed by atoms with Gasteiger partial charge < -0.3 is 10.1 Å². The van der Waals surface area contributed by atoms with Crippen molar-refractivity contribution in [3.8, 4) is 5.75 Å². The number of rotatable bonds is 5. The van der Waals surface area contributed by atoms with Crippen LogP contribution in [-0.4, -0.2) is 36.7 Å². The predicted octanol–water partition coefficient (Wildman–Crippen LogP) is 3.44. The first kappa shape index (κ1) is 16.3. The number of nitrogens with zero attached hydrogens (tertiary/aromatic N) is 1. The maximum atomic E-state index is 5.35. The molecule has 1 aliphatic heterocycles. The van der Waals surface area contributed by atoms with Crippen LogP contribution in [0, 0.1) is 0 Å². The number of ether oxygens (including phenoxy) is 1. The molecule has 1 N–H and O–H groups in total. The van der Waals surface area contributed by atoms with Gasteiger partial charge in [-0.15, -0.1) is 0 Å². The Kier molecular flexibility index (Phi) is 5.65. The van der Waals surface area contributed by atoms with Crippen LogP contribution >= 0.6 is 0 Å². The Morgan fingerprint density at radius 1 is 1.33 bits per heavy atom. The summed E-state index contributed by atoms with van der Waals surface area (Å²) in [5.74, 6) is 0.949. The van der Waals surface area contributed by atoms with Crippen molar-refractivity contribution in [2.75, 3.05) is 20.2 Å². The molecule has 1 fully saturated rings. The lowest BCUT2D eigenvalue weighted by Gasteiger charge is -2.37. The van der Waals surface area contributed by atoms with Gasteiger partial charge in [-0.25, -0.2) is 0 Å². The monoisotopic (exact) mass is 290 g/mol. The van der Waals surface area contributed by atoms with E-state index in [1.54, 1.807) is 7.11 Å². The van der Waals surface area contributed by atoms with Crippen molar-refractivity contribution in [2.45, 2.75) is 58.2 Å². The van der Waals surface area contributed by atoms with Crippen LogP contribution in [-0.2, 0) is 6.54 Å². The summed E-state index contributed by atoms with van der Waals surface area (Å²) in [5, 5.41) is 3.80. The maximum absolute atomic E-state index is 5.35. The number of benzene rings is 1. The third-order valence-corrected chi connectivity index (χ3v) is 5.06. The first-order chi connectivity index (χ1) is 10.1. The van der Waals surface area contributed by atoms with Crippen molar-refractivity contribution < 1.29 is 4.74 Å². The van der Waals surface area contributed by atoms with Gasteiger partial charge in [0.25, 0.3) is 0 Å². The molecule has 1 saturated heterocycles. The summed E-state index contributed by atoms with van der Waals surface area (Å²) >= 11 is 0. The fourth-order valence-electron chi connectivity index (χ4n) is 3.27. The van der Waals surface area contributed by atoms with Crippen LogP contribution < -0.4 is 10.1 Å². The molecule has 118 valence electrons. The normalized spacial score (nSPS) is 22.8. The van der Waals surface area contributed by atoms with Crippen LogP contribution in [0.4, 0.5) is 0 Å². The van der Waals surface area contributed by atoms with E-state index in [0.29, 0.717) is 6.04 Å². The van der Waals surface area contributed by atoms with Gasteiger partial charge in [-0.3, -0.25) is 4.90 Å². The van der Waals surface area contributed by atoms with Crippen LogP contribution in [0.1, 0.15) is 45.6 Å². The zero-order valence-electron chi connectivity index (χ0n) is 14.0. The Hall–Kier alpha value is -1.06. The Morgan fingerprint density at radius 2 is 2.10 bits per heavy atom. The van der Waals surface area contributed by atoms with Crippen molar-refractivity contribution in [2.24, 2.45) is 0 Å². The smallest absolute Gasteiger partial charge is 0.119 e. The second-order valence-corrected chi connectivity index (χ2v) is 6.31. The Labute approximate surface area is 129 Å². The summed E-state index contributed by atoms with van der Waals surface area (Å²) in [5.41, 5.74) is 1.60. The van der Waals surface area contributed by atoms with Gasteiger partial charge in [-0.1, -0.05) is 26.0 Å². The third kappa shape index (κ3) is 3.98. The quantitative estimate of drug-likeness (QED) is 0.899. The molecule has 0 bridgehead atoms. The summed E-state index contributed by atoms with van der Waals surface area (Å²) in [4.78, 5) is 2.63. The van der Waals surface area contributed by atoms with E-state index in [-0.39, 0.29) is 5.54 Å². The molecule has 0 aromatic heterocycles. The molecule has 2 rings (SSSR count). The average molecular weight is 290 g/mol. The summed E-state index contributed by atoms with van der Waals surface area (Å²) < 4.78 is 5.35. The highest BCUT2D eigenvalue weighted by atomic mass is 16.5. The molecule has 1 aliphatic rings. The fraction of sp³-hybridized carbons (Fsp3) is 0.667. The van der Waals surface area contributed by atoms with Crippen LogP contribution in [0.5, 0.6) is 5.75 Å². The summed E-state index contributed by atoms with van der Waals surface area (Å²) in [6.07, 6.45) is 3.58. The van der Waals surface area contributed by atoms with E-state index in [9.17, 15) is 0 Å². The van der Waals surface area contributed by atoms with E-state index >= 15 is 0 Å². The molecule has 0 aliphatic carbocycles. The molecule has 3 nitrogen and oxygen atoms in total. The van der Waals surface area contributed by atoms with E-state index < -0.39 is 0 Å². The molecular weight excluding hydrogens is 260 g/mol. The lowest BCUT2D eigenvalue weighted by atomic mass is 9.92. The van der Waals surface area contributed by atoms with Gasteiger partial charge in [0, 0.05) is 24.7 Å². The summed E-state index contributed by atoms with van der Waals surface area (Å²) in [7, 11) is 1.73. The highest BCUT2D eigenvalue weighted by Crippen LogP contribution is 2.24. The van der Waals surface area contributed by atoms with Gasteiger partial charge in [0.15, 0.2) is 0 Å². The minimum absolute atomic E-state index is 0.267. The van der Waals surface area contributed by atoms with E-state index in [4.69, 9.17) is 4.74 Å². The van der Waals surface area contributed by atoms with Crippen LogP contribution in [0.15, 0.2) is 24.3 Å². The molecule has 21 heavy (non-hydrogen) atoms. The standard InChI is InChI=1S/C18H30N2O/c1-5-18(6-2)14-20(15(3)10-11-19-18)13-16-8-7-9-17(12-16)21-4/h7-9,12,15,19H,5-6,10-11,13-14H2,1-4H3. The molecule has 3 heteroatoms. The summed E-state index contributed by atoms with van der Waals surface area (Å²) in [6.45, 7) is 10.2. The second-order valence-electron chi connectivity index (χ2n) is 6.31. The van der Waals surface area contributed by atoms with Crippen LogP contribution in [0.3, 0.4) is 0 Å². The van der Waals surface area contributed by atoms with Gasteiger partial charge in [0.2, 0.25) is 0 Å². The fourth-order valence-corrected chi connectivity index (χ4v) is 3.27. The molecule has 0 spiro atoms. The minimum atomic E-state index is 0.267. The van der Waals surface area contributed by atoms with Crippen molar-refractivity contribution in [3.63, 3.8) is 0 Å². The molecule has 0 saturated carbocycles. The SMILES string of the molecule is CCC1(CC)CN(Cc2cccc(OC)c2)C(C)CCN1. The predicted molar refractivity (Wildman–Crippen MR) is 88.8 cm³/mol. The third-order valence-electron chi connectivity index (χ3n) is 5.06. The van der Waals surface area contributed by atoms with E-state index in [1.165, 1.54) is 24.8 Å². The molecule has 1 atom stereocenters. The Bertz CT molecular complexity index is 443. The second kappa shape index (κ2) is 7.28. The highest BCUT2D eigenvalue weighted by molar-refractivity contribution is 5.28. The molecule has 1 aromatic rings. The molecule has 1 aromatic carbocycles. The lowest BCUT2D eigenvalue weighted by Crippen LogP contribution is -2.51. The first-order valence-electron chi connectivity index (χ1n) is 8.24. The van der Waals surface area contributed by atoms with E-state index in [1.807, 2.05) is 6.07 Å². The van der Waals surface area contributed by atoms with Crippen molar-refractivity contribution in [3.05, 3.63) is 29.8 Å². The van der Waals surface area contributed by atoms with Crippen molar-refractivity contribution in [1.82, 2.24) is 10.2 Å². The highest BCUT2D eigenvalue weighted by Gasteiger charge is 2.32. The topological polar surface area (TPSA) is 24.5 Å². The number of hydrogen-bond donors (Lipinski definition) is 1. The minimum Gasteiger partial charge on any atom is -0.497 e. The zero-order chi connectivity index (χ0) is 15.3. The van der Waals surface area contributed by atoms with Crippen LogP contribution in [0.2, 0.25) is 0 Å². The van der Waals surface area contributed by atoms with Gasteiger partial charge in [0.05, 0.1) is 7.11 Å². The van der Waals surface area contributed by atoms with E-state index in [0.717, 1.165) is 25.4 Å². The number of hydrogen-bond acceptors (Lipinski definition) is 3. The average Bonchev–Trinajstić information content (AvgIpc) is 2.68. The molecular formula is C18H30N2O. The Morgan fingerprint density at radius 3 is 2.76 bits per heavy atom. The van der Waals surface area contributed by atoms with E-state index in [2.05, 4.69) is 49.2 Å². The molecule has 0 amide bonds. The van der Waals surface area contributed by atoms with Crippen molar-refractivity contribution in [1.29, 1.82) is 0 Å². The molecule has 0 radical (unpaired) electrons. The molecule has 1 heterocycles. The molecule has 1 unspecified atom stereocenters. The number of methoxy groups -OCH3 is 1. The van der Waals surface area contributed by atoms with Gasteiger partial charge in [-0.2, -0.15) is 0 Å². The van der Waals surface area contributed by atoms with Gasteiger partial charge >= 0.3 is 0 Å². The van der Waals surface area contributed by atoms with Gasteiger partial charge in [0.1, 0.15) is 5.75 Å². The zero-order valence-corrected chi connectivity index (χ0v) is 14.0.